The van der Waals surface area contributed by atoms with E-state index in [9.17, 15) is 9.59 Å². The highest BCUT2D eigenvalue weighted by Gasteiger charge is 2.26. The van der Waals surface area contributed by atoms with E-state index in [0.717, 1.165) is 41.9 Å². The van der Waals surface area contributed by atoms with Crippen LogP contribution in [0.1, 0.15) is 58.7 Å². The van der Waals surface area contributed by atoms with E-state index >= 15 is 0 Å². The van der Waals surface area contributed by atoms with Crippen LogP contribution in [0.2, 0.25) is 0 Å². The number of hydrogen-bond donors (Lipinski definition) is 3. The van der Waals surface area contributed by atoms with Gasteiger partial charge in [-0.3, -0.25) is 14.7 Å². The van der Waals surface area contributed by atoms with Gasteiger partial charge in [-0.05, 0) is 30.7 Å². The number of amides is 2. The quantitative estimate of drug-likeness (QED) is 0.613. The smallest absolute Gasteiger partial charge is 0.251 e. The largest absolute Gasteiger partial charge is 0.365 e. The summed E-state index contributed by atoms with van der Waals surface area (Å²) in [5.74, 6) is 1.15. The van der Waals surface area contributed by atoms with Gasteiger partial charge in [-0.15, -0.1) is 16.4 Å². The molecule has 9 heteroatoms. The number of thiophene rings is 1. The Labute approximate surface area is 165 Å². The second kappa shape index (κ2) is 8.02. The Bertz CT molecular complexity index is 854. The molecule has 0 spiro atoms. The van der Waals surface area contributed by atoms with Crippen molar-refractivity contribution in [3.63, 3.8) is 0 Å². The SMILES string of the molecule is NC(=O)c1c(NC(=O)CSc2n[nH]c(CC3CCCC3)n2)sc2c1CCC2. The molecule has 2 aromatic heterocycles. The van der Waals surface area contributed by atoms with Crippen molar-refractivity contribution in [3.8, 4) is 0 Å². The first-order valence-corrected chi connectivity index (χ1v) is 11.2. The van der Waals surface area contributed by atoms with E-state index in [-0.39, 0.29) is 11.7 Å². The molecule has 1 fully saturated rings. The summed E-state index contributed by atoms with van der Waals surface area (Å²) >= 11 is 2.76. The Balaban J connectivity index is 1.33. The number of fused-ring (bicyclic) bond motifs is 1. The number of nitrogens with zero attached hydrogens (tertiary/aromatic N) is 2. The number of nitrogens with two attached hydrogens (primary N) is 1. The molecule has 27 heavy (non-hydrogen) atoms. The second-order valence-corrected chi connectivity index (χ2v) is 9.23. The van der Waals surface area contributed by atoms with Gasteiger partial charge in [-0.2, -0.15) is 0 Å². The monoisotopic (exact) mass is 405 g/mol. The van der Waals surface area contributed by atoms with Crippen LogP contribution in [0.5, 0.6) is 0 Å². The molecule has 7 nitrogen and oxygen atoms in total. The number of carbonyl (C=O) groups is 2. The number of carbonyl (C=O) groups excluding carboxylic acids is 2. The Morgan fingerprint density at radius 3 is 2.85 bits per heavy atom. The number of nitrogens with one attached hydrogen (secondary N) is 2. The minimum Gasteiger partial charge on any atom is -0.365 e. The van der Waals surface area contributed by atoms with Gasteiger partial charge in [-0.25, -0.2) is 4.98 Å². The lowest BCUT2D eigenvalue weighted by molar-refractivity contribution is -0.113. The van der Waals surface area contributed by atoms with Crippen molar-refractivity contribution in [2.45, 2.75) is 56.5 Å². The fourth-order valence-electron chi connectivity index (χ4n) is 3.97. The average Bonchev–Trinajstić information content (AvgIpc) is 3.37. The van der Waals surface area contributed by atoms with Gasteiger partial charge in [0.1, 0.15) is 10.8 Å². The molecule has 144 valence electrons. The fourth-order valence-corrected chi connectivity index (χ4v) is 5.90. The lowest BCUT2D eigenvalue weighted by Crippen LogP contribution is -2.18. The normalized spacial score (nSPS) is 16.6. The van der Waals surface area contributed by atoms with Crippen molar-refractivity contribution in [1.29, 1.82) is 0 Å². The zero-order chi connectivity index (χ0) is 18.8. The standard InChI is InChI=1S/C18H23N5O2S2/c19-16(25)15-11-6-3-7-12(11)27-17(15)21-14(24)9-26-18-20-13(22-23-18)8-10-4-1-2-5-10/h10H,1-9H2,(H2,19,25)(H,21,24)(H,20,22,23). The van der Waals surface area contributed by atoms with Crippen LogP contribution in [-0.2, 0) is 24.1 Å². The summed E-state index contributed by atoms with van der Waals surface area (Å²) < 4.78 is 0. The third-order valence-electron chi connectivity index (χ3n) is 5.22. The molecule has 2 aliphatic rings. The third kappa shape index (κ3) is 4.19. The van der Waals surface area contributed by atoms with Crippen LogP contribution in [0.4, 0.5) is 5.00 Å². The molecule has 0 aromatic carbocycles. The lowest BCUT2D eigenvalue weighted by atomic mass is 10.0. The summed E-state index contributed by atoms with van der Waals surface area (Å²) in [4.78, 5) is 29.8. The van der Waals surface area contributed by atoms with Crippen molar-refractivity contribution < 1.29 is 9.59 Å². The first-order chi connectivity index (χ1) is 13.1. The lowest BCUT2D eigenvalue weighted by Gasteiger charge is -2.05. The highest BCUT2D eigenvalue weighted by molar-refractivity contribution is 7.99. The highest BCUT2D eigenvalue weighted by atomic mass is 32.2. The van der Waals surface area contributed by atoms with E-state index in [0.29, 0.717) is 21.6 Å². The van der Waals surface area contributed by atoms with Crippen molar-refractivity contribution >= 4 is 39.9 Å². The van der Waals surface area contributed by atoms with Gasteiger partial charge in [0, 0.05) is 11.3 Å². The molecule has 4 rings (SSSR count). The van der Waals surface area contributed by atoms with Crippen molar-refractivity contribution in [2.75, 3.05) is 11.1 Å². The Morgan fingerprint density at radius 2 is 2.07 bits per heavy atom. The maximum absolute atomic E-state index is 12.3. The average molecular weight is 406 g/mol. The van der Waals surface area contributed by atoms with Crippen LogP contribution in [-0.4, -0.2) is 32.7 Å². The van der Waals surface area contributed by atoms with Crippen molar-refractivity contribution in [3.05, 3.63) is 21.8 Å². The van der Waals surface area contributed by atoms with Crippen LogP contribution in [0.3, 0.4) is 0 Å². The molecular weight excluding hydrogens is 382 g/mol. The molecule has 0 unspecified atom stereocenters. The number of aromatic nitrogens is 3. The van der Waals surface area contributed by atoms with E-state index in [4.69, 9.17) is 5.73 Å². The molecule has 2 aliphatic carbocycles. The molecule has 0 saturated heterocycles. The molecule has 0 atom stereocenters. The van der Waals surface area contributed by atoms with Crippen LogP contribution < -0.4 is 11.1 Å². The molecule has 2 heterocycles. The van der Waals surface area contributed by atoms with E-state index < -0.39 is 5.91 Å². The third-order valence-corrected chi connectivity index (χ3v) is 7.28. The summed E-state index contributed by atoms with van der Waals surface area (Å²) in [6.07, 6.45) is 8.92. The number of H-pyrrole nitrogens is 1. The molecule has 0 radical (unpaired) electrons. The molecule has 0 bridgehead atoms. The zero-order valence-corrected chi connectivity index (χ0v) is 16.7. The van der Waals surface area contributed by atoms with Crippen molar-refractivity contribution in [2.24, 2.45) is 11.7 Å². The second-order valence-electron chi connectivity index (χ2n) is 7.18. The van der Waals surface area contributed by atoms with Gasteiger partial charge in [0.05, 0.1) is 11.3 Å². The van der Waals surface area contributed by atoms with Crippen LogP contribution in [0.15, 0.2) is 5.16 Å². The predicted octanol–water partition coefficient (Wildman–Crippen LogP) is 2.92. The number of thioether (sulfide) groups is 1. The number of rotatable bonds is 7. The van der Waals surface area contributed by atoms with Gasteiger partial charge in [0.15, 0.2) is 0 Å². The first kappa shape index (κ1) is 18.5. The number of primary amides is 1. The van der Waals surface area contributed by atoms with Gasteiger partial charge >= 0.3 is 0 Å². The summed E-state index contributed by atoms with van der Waals surface area (Å²) in [7, 11) is 0. The number of aryl methyl sites for hydroxylation is 1. The number of anilines is 1. The summed E-state index contributed by atoms with van der Waals surface area (Å²) in [6, 6.07) is 0. The topological polar surface area (TPSA) is 114 Å². The molecule has 4 N–H and O–H groups in total. The van der Waals surface area contributed by atoms with Crippen LogP contribution in [0.25, 0.3) is 0 Å². The Hall–Kier alpha value is -1.87. The van der Waals surface area contributed by atoms with Crippen LogP contribution in [0, 0.1) is 5.92 Å². The van der Waals surface area contributed by atoms with E-state index in [2.05, 4.69) is 20.5 Å². The van der Waals surface area contributed by atoms with Gasteiger partial charge in [-0.1, -0.05) is 37.4 Å². The van der Waals surface area contributed by atoms with Crippen LogP contribution >= 0.6 is 23.1 Å². The van der Waals surface area contributed by atoms with Gasteiger partial charge in [0.2, 0.25) is 11.1 Å². The molecule has 1 saturated carbocycles. The summed E-state index contributed by atoms with van der Waals surface area (Å²) in [5, 5.41) is 11.2. The van der Waals surface area contributed by atoms with Gasteiger partial charge < -0.3 is 11.1 Å². The Morgan fingerprint density at radius 1 is 1.26 bits per heavy atom. The highest BCUT2D eigenvalue weighted by Crippen LogP contribution is 2.38. The van der Waals surface area contributed by atoms with Crippen molar-refractivity contribution in [1.82, 2.24) is 15.2 Å². The molecule has 2 amide bonds. The minimum absolute atomic E-state index is 0.176. The summed E-state index contributed by atoms with van der Waals surface area (Å²) in [6.45, 7) is 0. The minimum atomic E-state index is -0.470. The molecule has 0 aliphatic heterocycles. The zero-order valence-electron chi connectivity index (χ0n) is 15.0. The Kier molecular flexibility index (Phi) is 5.49. The predicted molar refractivity (Wildman–Crippen MR) is 106 cm³/mol. The summed E-state index contributed by atoms with van der Waals surface area (Å²) in [5.41, 5.74) is 7.03. The maximum Gasteiger partial charge on any atom is 0.251 e. The maximum atomic E-state index is 12.3. The van der Waals surface area contributed by atoms with E-state index in [1.807, 2.05) is 0 Å². The van der Waals surface area contributed by atoms with E-state index in [1.165, 1.54) is 48.8 Å². The molecular formula is C18H23N5O2S2. The molecule has 2 aromatic rings. The fraction of sp³-hybridized carbons (Fsp3) is 0.556. The number of aromatic amines is 1. The number of hydrogen-bond acceptors (Lipinski definition) is 6. The van der Waals surface area contributed by atoms with Gasteiger partial charge in [0.25, 0.3) is 5.91 Å². The first-order valence-electron chi connectivity index (χ1n) is 9.38. The van der Waals surface area contributed by atoms with E-state index in [1.54, 1.807) is 0 Å².